The van der Waals surface area contributed by atoms with Crippen molar-refractivity contribution in [2.24, 2.45) is 0 Å². The number of cyclic esters (lactones) is 1. The summed E-state index contributed by atoms with van der Waals surface area (Å²) in [5.41, 5.74) is 1.06. The highest BCUT2D eigenvalue weighted by atomic mass is 16.5. The predicted molar refractivity (Wildman–Crippen MR) is 74.8 cm³/mol. The third-order valence-corrected chi connectivity index (χ3v) is 3.19. The van der Waals surface area contributed by atoms with Gasteiger partial charge in [-0.1, -0.05) is 30.3 Å². The molecule has 4 heteroatoms. The number of hydrogen-bond acceptors (Lipinski definition) is 3. The van der Waals surface area contributed by atoms with Crippen molar-refractivity contribution < 1.29 is 14.3 Å². The lowest BCUT2D eigenvalue weighted by Crippen LogP contribution is -2.35. The van der Waals surface area contributed by atoms with Gasteiger partial charge >= 0.3 is 6.09 Å². The van der Waals surface area contributed by atoms with Crippen molar-refractivity contribution in [2.45, 2.75) is 12.5 Å². The number of carbonyl (C=O) groups excluding carboxylic acids is 1. The number of hydrogen-bond donors (Lipinski definition) is 1. The highest BCUT2D eigenvalue weighted by Crippen LogP contribution is 2.25. The summed E-state index contributed by atoms with van der Waals surface area (Å²) in [6.07, 6.45) is 0.427. The van der Waals surface area contributed by atoms with Gasteiger partial charge in [0.25, 0.3) is 0 Å². The average Bonchev–Trinajstić information content (AvgIpc) is 2.49. The number of rotatable bonds is 3. The molecular formula is C16H15NO3. The number of benzene rings is 2. The Morgan fingerprint density at radius 2 is 1.70 bits per heavy atom. The Labute approximate surface area is 117 Å². The average molecular weight is 269 g/mol. The molecule has 1 N–H and O–H groups in total. The molecule has 3 rings (SSSR count). The second kappa shape index (κ2) is 5.65. The fourth-order valence-corrected chi connectivity index (χ4v) is 2.17. The van der Waals surface area contributed by atoms with E-state index in [1.807, 2.05) is 54.6 Å². The molecule has 0 aliphatic carbocycles. The molecule has 1 saturated heterocycles. The minimum atomic E-state index is -0.356. The fraction of sp³-hybridized carbons (Fsp3) is 0.188. The van der Waals surface area contributed by atoms with Gasteiger partial charge in [-0.2, -0.15) is 0 Å². The Kier molecular flexibility index (Phi) is 3.54. The van der Waals surface area contributed by atoms with Crippen molar-refractivity contribution in [3.8, 4) is 11.5 Å². The quantitative estimate of drug-likeness (QED) is 0.925. The second-order valence-electron chi connectivity index (χ2n) is 4.61. The van der Waals surface area contributed by atoms with E-state index in [1.165, 1.54) is 0 Å². The standard InChI is InChI=1S/C16H15NO3/c18-16-17-15(10-11-19-16)12-6-8-14(9-7-12)20-13-4-2-1-3-5-13/h1-9,15H,10-11H2,(H,17,18)/t15-/m0/s1. The van der Waals surface area contributed by atoms with Crippen LogP contribution in [0.4, 0.5) is 4.79 Å². The third-order valence-electron chi connectivity index (χ3n) is 3.19. The first-order chi connectivity index (χ1) is 9.81. The Morgan fingerprint density at radius 3 is 2.40 bits per heavy atom. The zero-order valence-electron chi connectivity index (χ0n) is 10.9. The summed E-state index contributed by atoms with van der Waals surface area (Å²) < 4.78 is 10.6. The van der Waals surface area contributed by atoms with Gasteiger partial charge in [-0.25, -0.2) is 4.79 Å². The van der Waals surface area contributed by atoms with Crippen LogP contribution in [0.15, 0.2) is 54.6 Å². The molecule has 0 radical (unpaired) electrons. The molecule has 1 heterocycles. The third kappa shape index (κ3) is 2.91. The minimum Gasteiger partial charge on any atom is -0.457 e. The van der Waals surface area contributed by atoms with Gasteiger partial charge in [0, 0.05) is 6.42 Å². The normalized spacial score (nSPS) is 18.0. The van der Waals surface area contributed by atoms with E-state index in [1.54, 1.807) is 0 Å². The van der Waals surface area contributed by atoms with Crippen LogP contribution in [0.25, 0.3) is 0 Å². The number of nitrogens with one attached hydrogen (secondary N) is 1. The maximum atomic E-state index is 11.2. The number of carbonyl (C=O) groups is 1. The van der Waals surface area contributed by atoms with E-state index >= 15 is 0 Å². The van der Waals surface area contributed by atoms with E-state index in [-0.39, 0.29) is 12.1 Å². The Balaban J connectivity index is 1.69. The smallest absolute Gasteiger partial charge is 0.407 e. The molecule has 0 bridgehead atoms. The van der Waals surface area contributed by atoms with Crippen LogP contribution in [-0.4, -0.2) is 12.7 Å². The van der Waals surface area contributed by atoms with Gasteiger partial charge in [0.05, 0.1) is 12.6 Å². The highest BCUT2D eigenvalue weighted by molar-refractivity contribution is 5.68. The molecule has 1 aliphatic rings. The summed E-state index contributed by atoms with van der Waals surface area (Å²) in [5.74, 6) is 1.58. The van der Waals surface area contributed by atoms with Crippen LogP contribution in [0.2, 0.25) is 0 Å². The van der Waals surface area contributed by atoms with Crippen LogP contribution in [0.5, 0.6) is 11.5 Å². The first kappa shape index (κ1) is 12.5. The summed E-state index contributed by atoms with van der Waals surface area (Å²) in [4.78, 5) is 11.2. The van der Waals surface area contributed by atoms with Gasteiger partial charge in [0.2, 0.25) is 0 Å². The lowest BCUT2D eigenvalue weighted by atomic mass is 10.0. The van der Waals surface area contributed by atoms with Crippen LogP contribution in [0.3, 0.4) is 0 Å². The SMILES string of the molecule is O=C1N[C@H](c2ccc(Oc3ccccc3)cc2)CCO1. The lowest BCUT2D eigenvalue weighted by molar-refractivity contribution is 0.115. The molecule has 0 unspecified atom stereocenters. The Hall–Kier alpha value is -2.49. The molecule has 0 spiro atoms. The zero-order chi connectivity index (χ0) is 13.8. The molecule has 0 aromatic heterocycles. The van der Waals surface area contributed by atoms with Gasteiger partial charge in [-0.15, -0.1) is 0 Å². The van der Waals surface area contributed by atoms with E-state index in [4.69, 9.17) is 9.47 Å². The van der Waals surface area contributed by atoms with Crippen LogP contribution in [0.1, 0.15) is 18.0 Å². The predicted octanol–water partition coefficient (Wildman–Crippen LogP) is 3.65. The van der Waals surface area contributed by atoms with Crippen molar-refractivity contribution in [1.82, 2.24) is 5.32 Å². The fourth-order valence-electron chi connectivity index (χ4n) is 2.17. The van der Waals surface area contributed by atoms with Crippen LogP contribution < -0.4 is 10.1 Å². The second-order valence-corrected chi connectivity index (χ2v) is 4.61. The van der Waals surface area contributed by atoms with Crippen LogP contribution in [0, 0.1) is 0 Å². The Morgan fingerprint density at radius 1 is 1.00 bits per heavy atom. The van der Waals surface area contributed by atoms with Gasteiger partial charge in [0.1, 0.15) is 11.5 Å². The lowest BCUT2D eigenvalue weighted by Gasteiger charge is -2.23. The molecular weight excluding hydrogens is 254 g/mol. The molecule has 102 valence electrons. The van der Waals surface area contributed by atoms with E-state index in [2.05, 4.69) is 5.32 Å². The molecule has 4 nitrogen and oxygen atoms in total. The summed E-state index contributed by atoms with van der Waals surface area (Å²) >= 11 is 0. The minimum absolute atomic E-state index is 0.0158. The molecule has 1 atom stereocenters. The summed E-state index contributed by atoms with van der Waals surface area (Å²) in [7, 11) is 0. The van der Waals surface area contributed by atoms with Gasteiger partial charge in [0.15, 0.2) is 0 Å². The summed E-state index contributed by atoms with van der Waals surface area (Å²) in [5, 5.41) is 2.80. The van der Waals surface area contributed by atoms with E-state index in [9.17, 15) is 4.79 Å². The van der Waals surface area contributed by atoms with Gasteiger partial charge in [-0.05, 0) is 29.8 Å². The number of para-hydroxylation sites is 1. The van der Waals surface area contributed by atoms with Crippen molar-refractivity contribution in [3.05, 3.63) is 60.2 Å². The van der Waals surface area contributed by atoms with Crippen LogP contribution >= 0.6 is 0 Å². The zero-order valence-corrected chi connectivity index (χ0v) is 10.9. The first-order valence-electron chi connectivity index (χ1n) is 6.57. The van der Waals surface area contributed by atoms with Crippen molar-refractivity contribution >= 4 is 6.09 Å². The maximum absolute atomic E-state index is 11.2. The topological polar surface area (TPSA) is 47.6 Å². The van der Waals surface area contributed by atoms with E-state index < -0.39 is 0 Å². The molecule has 2 aromatic rings. The first-order valence-corrected chi connectivity index (χ1v) is 6.57. The molecule has 1 aliphatic heterocycles. The maximum Gasteiger partial charge on any atom is 0.407 e. The van der Waals surface area contributed by atoms with Gasteiger partial charge in [-0.3, -0.25) is 0 Å². The molecule has 1 amide bonds. The Bertz CT molecular complexity index is 580. The van der Waals surface area contributed by atoms with Crippen LogP contribution in [-0.2, 0) is 4.74 Å². The van der Waals surface area contributed by atoms with E-state index in [0.29, 0.717) is 6.61 Å². The van der Waals surface area contributed by atoms with Crippen molar-refractivity contribution in [2.75, 3.05) is 6.61 Å². The molecule has 1 fully saturated rings. The summed E-state index contributed by atoms with van der Waals surface area (Å²) in [6, 6.07) is 17.4. The number of amides is 1. The molecule has 0 saturated carbocycles. The van der Waals surface area contributed by atoms with Crippen molar-refractivity contribution in [1.29, 1.82) is 0 Å². The van der Waals surface area contributed by atoms with E-state index in [0.717, 1.165) is 23.5 Å². The monoisotopic (exact) mass is 269 g/mol. The number of ether oxygens (including phenoxy) is 2. The molecule has 2 aromatic carbocycles. The largest absolute Gasteiger partial charge is 0.457 e. The molecule has 20 heavy (non-hydrogen) atoms. The van der Waals surface area contributed by atoms with Crippen molar-refractivity contribution in [3.63, 3.8) is 0 Å². The number of alkyl carbamates (subject to hydrolysis) is 1. The highest BCUT2D eigenvalue weighted by Gasteiger charge is 2.20. The van der Waals surface area contributed by atoms with Gasteiger partial charge < -0.3 is 14.8 Å². The summed E-state index contributed by atoms with van der Waals surface area (Å²) in [6.45, 7) is 0.457.